The molecule has 0 aliphatic carbocycles. The maximum absolute atomic E-state index is 12.6. The van der Waals surface area contributed by atoms with Crippen LogP contribution in [0.4, 0.5) is 10.8 Å². The summed E-state index contributed by atoms with van der Waals surface area (Å²) in [7, 11) is 1.64. The van der Waals surface area contributed by atoms with Crippen LogP contribution in [0.15, 0.2) is 28.6 Å². The fourth-order valence-electron chi connectivity index (χ4n) is 2.82. The number of hydrogen-bond acceptors (Lipinski definition) is 7. The zero-order chi connectivity index (χ0) is 18.5. The van der Waals surface area contributed by atoms with E-state index in [2.05, 4.69) is 22.4 Å². The number of ether oxygens (including phenoxy) is 1. The monoisotopic (exact) mass is 392 g/mol. The first-order valence-corrected chi connectivity index (χ1v) is 10.4. The van der Waals surface area contributed by atoms with Crippen LogP contribution in [0.1, 0.15) is 26.7 Å². The SMILES string of the molecule is COc1cccc(Nc2nnc(SC(C)C(=O)N3CCC(C)CC3)s2)c1. The van der Waals surface area contributed by atoms with E-state index in [0.717, 1.165) is 47.6 Å². The van der Waals surface area contributed by atoms with Gasteiger partial charge in [0.25, 0.3) is 0 Å². The van der Waals surface area contributed by atoms with Crippen molar-refractivity contribution in [2.75, 3.05) is 25.5 Å². The highest BCUT2D eigenvalue weighted by atomic mass is 32.2. The van der Waals surface area contributed by atoms with Gasteiger partial charge in [0, 0.05) is 24.8 Å². The first-order chi connectivity index (χ1) is 12.5. The van der Waals surface area contributed by atoms with Crippen molar-refractivity contribution in [3.05, 3.63) is 24.3 Å². The first kappa shape index (κ1) is 19.0. The number of likely N-dealkylation sites (tertiary alicyclic amines) is 1. The van der Waals surface area contributed by atoms with Crippen LogP contribution in [0.2, 0.25) is 0 Å². The highest BCUT2D eigenvalue weighted by Crippen LogP contribution is 2.32. The molecule has 6 nitrogen and oxygen atoms in total. The fraction of sp³-hybridized carbons (Fsp3) is 0.500. The zero-order valence-electron chi connectivity index (χ0n) is 15.3. The number of carbonyl (C=O) groups excluding carboxylic acids is 1. The largest absolute Gasteiger partial charge is 0.497 e. The van der Waals surface area contributed by atoms with Gasteiger partial charge in [-0.1, -0.05) is 36.1 Å². The van der Waals surface area contributed by atoms with Crippen LogP contribution in [0.5, 0.6) is 5.75 Å². The van der Waals surface area contributed by atoms with Crippen LogP contribution in [-0.2, 0) is 4.79 Å². The van der Waals surface area contributed by atoms with Crippen molar-refractivity contribution in [1.82, 2.24) is 15.1 Å². The van der Waals surface area contributed by atoms with Crippen LogP contribution in [-0.4, -0.2) is 46.5 Å². The Labute approximate surface area is 162 Å². The van der Waals surface area contributed by atoms with Gasteiger partial charge in [-0.25, -0.2) is 0 Å². The standard InChI is InChI=1S/C18H24N4O2S2/c1-12-7-9-22(10-8-12)16(23)13(2)25-18-21-20-17(26-18)19-14-5-4-6-15(11-14)24-3/h4-6,11-13H,7-10H2,1-3H3,(H,19,20). The molecule has 0 saturated carbocycles. The molecule has 1 atom stereocenters. The summed E-state index contributed by atoms with van der Waals surface area (Å²) in [5.41, 5.74) is 0.892. The van der Waals surface area contributed by atoms with Gasteiger partial charge in [0.2, 0.25) is 11.0 Å². The summed E-state index contributed by atoms with van der Waals surface area (Å²) in [5, 5.41) is 12.1. The molecule has 1 unspecified atom stereocenters. The zero-order valence-corrected chi connectivity index (χ0v) is 16.9. The van der Waals surface area contributed by atoms with Crippen LogP contribution < -0.4 is 10.1 Å². The van der Waals surface area contributed by atoms with Crippen molar-refractivity contribution in [2.45, 2.75) is 36.3 Å². The molecule has 0 radical (unpaired) electrons. The molecule has 1 amide bonds. The number of piperidine rings is 1. The molecule has 1 aliphatic heterocycles. The summed E-state index contributed by atoms with van der Waals surface area (Å²) in [6, 6.07) is 7.65. The third-order valence-corrected chi connectivity index (χ3v) is 6.46. The third kappa shape index (κ3) is 4.88. The van der Waals surface area contributed by atoms with Gasteiger partial charge in [-0.3, -0.25) is 4.79 Å². The van der Waals surface area contributed by atoms with Gasteiger partial charge < -0.3 is 15.0 Å². The molecule has 26 heavy (non-hydrogen) atoms. The Balaban J connectivity index is 1.56. The van der Waals surface area contributed by atoms with E-state index in [0.29, 0.717) is 5.13 Å². The summed E-state index contributed by atoms with van der Waals surface area (Å²) in [6.45, 7) is 5.92. The molecular formula is C18H24N4O2S2. The maximum atomic E-state index is 12.6. The second-order valence-electron chi connectivity index (χ2n) is 6.50. The Morgan fingerprint density at radius 1 is 1.38 bits per heavy atom. The van der Waals surface area contributed by atoms with Crippen molar-refractivity contribution in [2.24, 2.45) is 5.92 Å². The molecule has 1 fully saturated rings. The number of nitrogens with zero attached hydrogens (tertiary/aromatic N) is 3. The van der Waals surface area contributed by atoms with Gasteiger partial charge in [-0.2, -0.15) is 0 Å². The molecular weight excluding hydrogens is 368 g/mol. The van der Waals surface area contributed by atoms with Gasteiger partial charge in [0.15, 0.2) is 4.34 Å². The van der Waals surface area contributed by atoms with Crippen molar-refractivity contribution < 1.29 is 9.53 Å². The second-order valence-corrected chi connectivity index (χ2v) is 9.06. The van der Waals surface area contributed by atoms with Gasteiger partial charge in [-0.15, -0.1) is 10.2 Å². The van der Waals surface area contributed by atoms with E-state index in [1.807, 2.05) is 36.1 Å². The predicted octanol–water partition coefficient (Wildman–Crippen LogP) is 4.03. The summed E-state index contributed by atoms with van der Waals surface area (Å²) in [4.78, 5) is 14.6. The predicted molar refractivity (Wildman–Crippen MR) is 106 cm³/mol. The lowest BCUT2D eigenvalue weighted by molar-refractivity contribution is -0.131. The molecule has 2 heterocycles. The fourth-order valence-corrected chi connectivity index (χ4v) is 4.82. The van der Waals surface area contributed by atoms with Crippen LogP contribution in [0.3, 0.4) is 0 Å². The van der Waals surface area contributed by atoms with E-state index in [9.17, 15) is 4.79 Å². The number of amides is 1. The Morgan fingerprint density at radius 3 is 2.88 bits per heavy atom. The summed E-state index contributed by atoms with van der Waals surface area (Å²) < 4.78 is 6.02. The van der Waals surface area contributed by atoms with Gasteiger partial charge in [0.1, 0.15) is 5.75 Å². The van der Waals surface area contributed by atoms with E-state index in [4.69, 9.17) is 4.74 Å². The summed E-state index contributed by atoms with van der Waals surface area (Å²) in [6.07, 6.45) is 2.19. The number of aromatic nitrogens is 2. The van der Waals surface area contributed by atoms with Crippen LogP contribution in [0.25, 0.3) is 0 Å². The highest BCUT2D eigenvalue weighted by molar-refractivity contribution is 8.02. The highest BCUT2D eigenvalue weighted by Gasteiger charge is 2.26. The van der Waals surface area contributed by atoms with Crippen molar-refractivity contribution in [3.63, 3.8) is 0 Å². The lowest BCUT2D eigenvalue weighted by Crippen LogP contribution is -2.41. The van der Waals surface area contributed by atoms with E-state index < -0.39 is 0 Å². The quantitative estimate of drug-likeness (QED) is 0.749. The Bertz CT molecular complexity index is 744. The molecule has 1 aliphatic rings. The number of carbonyl (C=O) groups is 1. The van der Waals surface area contributed by atoms with Gasteiger partial charge >= 0.3 is 0 Å². The number of nitrogens with one attached hydrogen (secondary N) is 1. The molecule has 1 N–H and O–H groups in total. The molecule has 3 rings (SSSR count). The third-order valence-electron chi connectivity index (χ3n) is 4.45. The average molecular weight is 393 g/mol. The smallest absolute Gasteiger partial charge is 0.235 e. The normalized spacial score (nSPS) is 16.3. The number of hydrogen-bond donors (Lipinski definition) is 1. The van der Waals surface area contributed by atoms with Gasteiger partial charge in [-0.05, 0) is 37.8 Å². The molecule has 8 heteroatoms. The van der Waals surface area contributed by atoms with E-state index in [-0.39, 0.29) is 11.2 Å². The summed E-state index contributed by atoms with van der Waals surface area (Å²) in [5.74, 6) is 1.69. The Kier molecular flexibility index (Phi) is 6.37. The average Bonchev–Trinajstić information content (AvgIpc) is 3.08. The molecule has 0 spiro atoms. The molecule has 1 aromatic carbocycles. The first-order valence-electron chi connectivity index (χ1n) is 8.75. The minimum Gasteiger partial charge on any atom is -0.497 e. The number of benzene rings is 1. The van der Waals surface area contributed by atoms with Crippen molar-refractivity contribution >= 4 is 39.8 Å². The minimum absolute atomic E-state index is 0.152. The summed E-state index contributed by atoms with van der Waals surface area (Å²) >= 11 is 2.93. The Hall–Kier alpha value is -1.80. The van der Waals surface area contributed by atoms with E-state index in [1.165, 1.54) is 23.1 Å². The minimum atomic E-state index is -0.152. The van der Waals surface area contributed by atoms with E-state index in [1.54, 1.807) is 7.11 Å². The molecule has 0 bridgehead atoms. The number of anilines is 2. The van der Waals surface area contributed by atoms with E-state index >= 15 is 0 Å². The maximum Gasteiger partial charge on any atom is 0.235 e. The number of rotatable bonds is 6. The topological polar surface area (TPSA) is 67.3 Å². The Morgan fingerprint density at radius 2 is 2.15 bits per heavy atom. The molecule has 2 aromatic rings. The van der Waals surface area contributed by atoms with Crippen molar-refractivity contribution in [3.8, 4) is 5.75 Å². The second kappa shape index (κ2) is 8.73. The molecule has 1 saturated heterocycles. The number of thioether (sulfide) groups is 1. The molecule has 140 valence electrons. The molecule has 1 aromatic heterocycles. The lowest BCUT2D eigenvalue weighted by Gasteiger charge is -2.31. The lowest BCUT2D eigenvalue weighted by atomic mass is 9.99. The van der Waals surface area contributed by atoms with Crippen LogP contribution >= 0.6 is 23.1 Å². The van der Waals surface area contributed by atoms with Gasteiger partial charge in [0.05, 0.1) is 12.4 Å². The van der Waals surface area contributed by atoms with Crippen molar-refractivity contribution in [1.29, 1.82) is 0 Å². The van der Waals surface area contributed by atoms with Crippen LogP contribution in [0, 0.1) is 5.92 Å². The number of methoxy groups -OCH3 is 1.